The molecule has 112 valence electrons. The molecular formula is C13H11BrCl2N2O2S. The molecule has 21 heavy (non-hydrogen) atoms. The first-order valence-electron chi connectivity index (χ1n) is 5.74. The molecule has 3 N–H and O–H groups in total. The van der Waals surface area contributed by atoms with Gasteiger partial charge in [-0.3, -0.25) is 4.72 Å². The van der Waals surface area contributed by atoms with Crippen molar-refractivity contribution in [2.45, 2.75) is 11.8 Å². The van der Waals surface area contributed by atoms with E-state index in [0.29, 0.717) is 15.8 Å². The van der Waals surface area contributed by atoms with Gasteiger partial charge >= 0.3 is 0 Å². The van der Waals surface area contributed by atoms with E-state index in [9.17, 15) is 8.42 Å². The maximum absolute atomic E-state index is 12.4. The molecule has 0 saturated heterocycles. The van der Waals surface area contributed by atoms with Crippen LogP contribution in [-0.4, -0.2) is 8.42 Å². The van der Waals surface area contributed by atoms with Crippen molar-refractivity contribution in [3.05, 3.63) is 50.4 Å². The third-order valence-electron chi connectivity index (χ3n) is 2.75. The lowest BCUT2D eigenvalue weighted by Crippen LogP contribution is -2.14. The normalized spacial score (nSPS) is 11.4. The SMILES string of the molecule is Cc1cc(NS(=O)(=O)c2c(Cl)cc(Br)cc2Cl)ccc1N. The zero-order chi connectivity index (χ0) is 15.8. The summed E-state index contributed by atoms with van der Waals surface area (Å²) in [5, 5.41) is 0.0723. The molecule has 0 amide bonds. The Labute approximate surface area is 141 Å². The van der Waals surface area contributed by atoms with Gasteiger partial charge in [0.25, 0.3) is 10.0 Å². The van der Waals surface area contributed by atoms with E-state index >= 15 is 0 Å². The summed E-state index contributed by atoms with van der Waals surface area (Å²) in [6, 6.07) is 7.76. The van der Waals surface area contributed by atoms with Crippen molar-refractivity contribution >= 4 is 60.5 Å². The number of benzene rings is 2. The average Bonchev–Trinajstić information content (AvgIpc) is 2.31. The standard InChI is InChI=1S/C13H11BrCl2N2O2S/c1-7-4-9(2-3-12(7)17)18-21(19,20)13-10(15)5-8(14)6-11(13)16/h2-6,18H,17H2,1H3. The molecule has 0 aliphatic heterocycles. The van der Waals surface area contributed by atoms with Crippen LogP contribution in [-0.2, 0) is 10.0 Å². The van der Waals surface area contributed by atoms with E-state index in [-0.39, 0.29) is 14.9 Å². The number of rotatable bonds is 3. The molecule has 0 radical (unpaired) electrons. The number of nitrogens with one attached hydrogen (secondary N) is 1. The van der Waals surface area contributed by atoms with Crippen LogP contribution in [0, 0.1) is 6.92 Å². The van der Waals surface area contributed by atoms with Crippen LogP contribution < -0.4 is 10.5 Å². The molecule has 0 fully saturated rings. The fourth-order valence-electron chi connectivity index (χ4n) is 1.73. The minimum Gasteiger partial charge on any atom is -0.399 e. The molecule has 0 aromatic heterocycles. The maximum atomic E-state index is 12.4. The first-order chi connectivity index (χ1) is 9.70. The minimum atomic E-state index is -3.90. The van der Waals surface area contributed by atoms with Crippen molar-refractivity contribution in [1.29, 1.82) is 0 Å². The van der Waals surface area contributed by atoms with Gasteiger partial charge in [-0.15, -0.1) is 0 Å². The van der Waals surface area contributed by atoms with Gasteiger partial charge in [-0.25, -0.2) is 8.42 Å². The van der Waals surface area contributed by atoms with Crippen LogP contribution in [0.15, 0.2) is 39.7 Å². The van der Waals surface area contributed by atoms with Gasteiger partial charge in [-0.2, -0.15) is 0 Å². The molecule has 0 aliphatic carbocycles. The summed E-state index contributed by atoms with van der Waals surface area (Å²) in [7, 11) is -3.90. The van der Waals surface area contributed by atoms with Gasteiger partial charge in [0.2, 0.25) is 0 Å². The van der Waals surface area contributed by atoms with Crippen molar-refractivity contribution in [2.75, 3.05) is 10.5 Å². The monoisotopic (exact) mass is 408 g/mol. The fraction of sp³-hybridized carbons (Fsp3) is 0.0769. The van der Waals surface area contributed by atoms with Crippen LogP contribution in [0.2, 0.25) is 10.0 Å². The highest BCUT2D eigenvalue weighted by atomic mass is 79.9. The summed E-state index contributed by atoms with van der Waals surface area (Å²) in [5.41, 5.74) is 7.44. The van der Waals surface area contributed by atoms with Gasteiger partial charge in [-0.05, 0) is 42.8 Å². The van der Waals surface area contributed by atoms with Crippen LogP contribution in [0.25, 0.3) is 0 Å². The van der Waals surface area contributed by atoms with E-state index in [4.69, 9.17) is 28.9 Å². The number of nitrogens with two attached hydrogens (primary N) is 1. The van der Waals surface area contributed by atoms with Crippen molar-refractivity contribution in [2.24, 2.45) is 0 Å². The largest absolute Gasteiger partial charge is 0.399 e. The molecule has 2 rings (SSSR count). The molecular weight excluding hydrogens is 399 g/mol. The summed E-state index contributed by atoms with van der Waals surface area (Å²) in [6.45, 7) is 1.78. The fourth-order valence-corrected chi connectivity index (χ4v) is 4.72. The Bertz CT molecular complexity index is 787. The van der Waals surface area contributed by atoms with Crippen molar-refractivity contribution < 1.29 is 8.42 Å². The van der Waals surface area contributed by atoms with E-state index in [1.165, 1.54) is 12.1 Å². The number of hydrogen-bond donors (Lipinski definition) is 2. The molecule has 4 nitrogen and oxygen atoms in total. The van der Waals surface area contributed by atoms with E-state index in [1.54, 1.807) is 25.1 Å². The highest BCUT2D eigenvalue weighted by Crippen LogP contribution is 2.34. The molecule has 2 aromatic rings. The van der Waals surface area contributed by atoms with Crippen molar-refractivity contribution in [1.82, 2.24) is 0 Å². The predicted molar refractivity (Wildman–Crippen MR) is 90.6 cm³/mol. The summed E-state index contributed by atoms with van der Waals surface area (Å²) >= 11 is 15.2. The summed E-state index contributed by atoms with van der Waals surface area (Å²) in [6.07, 6.45) is 0. The molecule has 0 unspecified atom stereocenters. The maximum Gasteiger partial charge on any atom is 0.264 e. The highest BCUT2D eigenvalue weighted by molar-refractivity contribution is 9.10. The number of halogens is 3. The summed E-state index contributed by atoms with van der Waals surface area (Å²) in [4.78, 5) is -0.163. The smallest absolute Gasteiger partial charge is 0.264 e. The van der Waals surface area contributed by atoms with Gasteiger partial charge in [0, 0.05) is 15.8 Å². The van der Waals surface area contributed by atoms with Gasteiger partial charge in [-0.1, -0.05) is 39.1 Å². The van der Waals surface area contributed by atoms with E-state index < -0.39 is 10.0 Å². The molecule has 2 aromatic carbocycles. The Morgan fingerprint density at radius 3 is 2.24 bits per heavy atom. The second-order valence-corrected chi connectivity index (χ2v) is 7.72. The molecule has 0 aliphatic rings. The molecule has 0 saturated carbocycles. The molecule has 0 heterocycles. The van der Waals surface area contributed by atoms with Crippen LogP contribution in [0.4, 0.5) is 11.4 Å². The number of aryl methyl sites for hydroxylation is 1. The van der Waals surface area contributed by atoms with Gasteiger partial charge in [0.05, 0.1) is 10.0 Å². The first kappa shape index (κ1) is 16.4. The second-order valence-electron chi connectivity index (χ2n) is 4.38. The van der Waals surface area contributed by atoms with Crippen LogP contribution in [0.1, 0.15) is 5.56 Å². The number of sulfonamides is 1. The Morgan fingerprint density at radius 1 is 1.14 bits per heavy atom. The van der Waals surface area contributed by atoms with E-state index in [1.807, 2.05) is 0 Å². The zero-order valence-electron chi connectivity index (χ0n) is 10.8. The van der Waals surface area contributed by atoms with Crippen molar-refractivity contribution in [3.63, 3.8) is 0 Å². The van der Waals surface area contributed by atoms with E-state index in [0.717, 1.165) is 5.56 Å². The molecule has 0 bridgehead atoms. The summed E-state index contributed by atoms with van der Waals surface area (Å²) < 4.78 is 27.9. The number of nitrogen functional groups attached to an aromatic ring is 1. The zero-order valence-corrected chi connectivity index (χ0v) is 14.7. The number of anilines is 2. The average molecular weight is 410 g/mol. The van der Waals surface area contributed by atoms with E-state index in [2.05, 4.69) is 20.7 Å². The highest BCUT2D eigenvalue weighted by Gasteiger charge is 2.22. The third-order valence-corrected chi connectivity index (χ3v) is 5.51. The molecule has 0 atom stereocenters. The Kier molecular flexibility index (Phi) is 4.72. The lowest BCUT2D eigenvalue weighted by atomic mass is 10.2. The Balaban J connectivity index is 2.46. The number of hydrogen-bond acceptors (Lipinski definition) is 3. The second kappa shape index (κ2) is 6.04. The van der Waals surface area contributed by atoms with Crippen molar-refractivity contribution in [3.8, 4) is 0 Å². The minimum absolute atomic E-state index is 0.0361. The van der Waals surface area contributed by atoms with Crippen LogP contribution >= 0.6 is 39.1 Å². The van der Waals surface area contributed by atoms with Crippen LogP contribution in [0.3, 0.4) is 0 Å². The van der Waals surface area contributed by atoms with Gasteiger partial charge in [0.1, 0.15) is 4.90 Å². The molecule has 8 heteroatoms. The van der Waals surface area contributed by atoms with Crippen LogP contribution in [0.5, 0.6) is 0 Å². The topological polar surface area (TPSA) is 72.2 Å². The lowest BCUT2D eigenvalue weighted by Gasteiger charge is -2.12. The quantitative estimate of drug-likeness (QED) is 0.735. The molecule has 0 spiro atoms. The predicted octanol–water partition coefficient (Wildman–Crippen LogP) is 4.45. The van der Waals surface area contributed by atoms with Gasteiger partial charge in [0.15, 0.2) is 0 Å². The Hall–Kier alpha value is -0.950. The third kappa shape index (κ3) is 3.63. The summed E-state index contributed by atoms with van der Waals surface area (Å²) in [5.74, 6) is 0. The Morgan fingerprint density at radius 2 is 1.71 bits per heavy atom. The van der Waals surface area contributed by atoms with Gasteiger partial charge < -0.3 is 5.73 Å². The first-order valence-corrected chi connectivity index (χ1v) is 8.77. The lowest BCUT2D eigenvalue weighted by molar-refractivity contribution is 0.601.